The van der Waals surface area contributed by atoms with E-state index in [-0.39, 0.29) is 36.4 Å². The Balaban J connectivity index is 0.00000300. The number of rotatable bonds is 7. The maximum absolute atomic E-state index is 12.1. The third-order valence-corrected chi connectivity index (χ3v) is 4.67. The van der Waals surface area contributed by atoms with Crippen molar-refractivity contribution in [2.24, 2.45) is 4.99 Å². The lowest BCUT2D eigenvalue weighted by Crippen LogP contribution is -2.52. The average molecular weight is 511 g/mol. The molecule has 1 fully saturated rings. The molecule has 0 unspecified atom stereocenters. The maximum Gasteiger partial charge on any atom is 0.242 e. The summed E-state index contributed by atoms with van der Waals surface area (Å²) < 4.78 is 5.22. The van der Waals surface area contributed by atoms with Crippen molar-refractivity contribution >= 4 is 35.8 Å². The van der Waals surface area contributed by atoms with E-state index in [0.717, 1.165) is 51.0 Å². The van der Waals surface area contributed by atoms with E-state index in [9.17, 15) is 4.79 Å². The van der Waals surface area contributed by atoms with E-state index in [2.05, 4.69) is 49.7 Å². The van der Waals surface area contributed by atoms with Crippen LogP contribution in [0, 0.1) is 0 Å². The molecule has 7 nitrogen and oxygen atoms in total. The third-order valence-electron chi connectivity index (χ3n) is 4.67. The molecule has 2 N–H and O–H groups in total. The molecule has 8 heteroatoms. The number of carbonyl (C=O) groups is 1. The smallest absolute Gasteiger partial charge is 0.242 e. The van der Waals surface area contributed by atoms with Crippen LogP contribution in [-0.4, -0.2) is 60.9 Å². The first-order valence-electron chi connectivity index (χ1n) is 9.83. The van der Waals surface area contributed by atoms with Gasteiger partial charge in [-0.3, -0.25) is 9.69 Å². The largest absolute Gasteiger partial charge is 0.467 e. The Labute approximate surface area is 189 Å². The molecule has 1 aromatic heterocycles. The fourth-order valence-electron chi connectivity index (χ4n) is 3.19. The van der Waals surface area contributed by atoms with Gasteiger partial charge in [-0.05, 0) is 24.6 Å². The van der Waals surface area contributed by atoms with Gasteiger partial charge in [0.25, 0.3) is 0 Å². The lowest BCUT2D eigenvalue weighted by molar-refractivity contribution is -0.119. The predicted octanol–water partition coefficient (Wildman–Crippen LogP) is 2.30. The fourth-order valence-corrected chi connectivity index (χ4v) is 3.19. The SMILES string of the molecule is CCNC(=NCC(=O)NCc1ccco1)N1CCN(Cc2ccccc2)CC1.I. The quantitative estimate of drug-likeness (QED) is 0.339. The van der Waals surface area contributed by atoms with E-state index in [4.69, 9.17) is 4.42 Å². The summed E-state index contributed by atoms with van der Waals surface area (Å²) in [7, 11) is 0. The first kappa shape index (κ1) is 23.2. The number of hydrogen-bond donors (Lipinski definition) is 2. The van der Waals surface area contributed by atoms with Crippen molar-refractivity contribution in [2.45, 2.75) is 20.0 Å². The van der Waals surface area contributed by atoms with Crippen LogP contribution < -0.4 is 10.6 Å². The maximum atomic E-state index is 12.1. The third kappa shape index (κ3) is 7.69. The van der Waals surface area contributed by atoms with Crippen LogP contribution in [0.2, 0.25) is 0 Å². The van der Waals surface area contributed by atoms with Gasteiger partial charge in [-0.1, -0.05) is 30.3 Å². The van der Waals surface area contributed by atoms with E-state index in [1.807, 2.05) is 19.1 Å². The minimum atomic E-state index is -0.116. The molecule has 1 aliphatic rings. The summed E-state index contributed by atoms with van der Waals surface area (Å²) in [6, 6.07) is 14.2. The zero-order chi connectivity index (χ0) is 19.6. The molecule has 2 heterocycles. The molecule has 0 aliphatic carbocycles. The molecule has 0 radical (unpaired) electrons. The molecule has 0 bridgehead atoms. The van der Waals surface area contributed by atoms with Gasteiger partial charge in [0.1, 0.15) is 12.3 Å². The zero-order valence-corrected chi connectivity index (χ0v) is 19.2. The fraction of sp³-hybridized carbons (Fsp3) is 0.429. The van der Waals surface area contributed by atoms with Crippen molar-refractivity contribution < 1.29 is 9.21 Å². The van der Waals surface area contributed by atoms with Gasteiger partial charge in [0.05, 0.1) is 12.8 Å². The molecule has 3 rings (SSSR count). The van der Waals surface area contributed by atoms with Gasteiger partial charge in [-0.15, -0.1) is 24.0 Å². The Kier molecular flexibility index (Phi) is 9.99. The minimum Gasteiger partial charge on any atom is -0.467 e. The van der Waals surface area contributed by atoms with Gasteiger partial charge in [-0.25, -0.2) is 4.99 Å². The zero-order valence-electron chi connectivity index (χ0n) is 16.8. The van der Waals surface area contributed by atoms with Crippen molar-refractivity contribution in [1.29, 1.82) is 0 Å². The summed E-state index contributed by atoms with van der Waals surface area (Å²) in [5.41, 5.74) is 1.34. The van der Waals surface area contributed by atoms with E-state index < -0.39 is 0 Å². The number of piperazine rings is 1. The monoisotopic (exact) mass is 511 g/mol. The lowest BCUT2D eigenvalue weighted by atomic mass is 10.2. The van der Waals surface area contributed by atoms with E-state index >= 15 is 0 Å². The van der Waals surface area contributed by atoms with Crippen molar-refractivity contribution in [3.63, 3.8) is 0 Å². The topological polar surface area (TPSA) is 73.1 Å². The van der Waals surface area contributed by atoms with Crippen LogP contribution in [0.25, 0.3) is 0 Å². The van der Waals surface area contributed by atoms with Gasteiger partial charge < -0.3 is 20.0 Å². The van der Waals surface area contributed by atoms with Gasteiger partial charge in [0.2, 0.25) is 5.91 Å². The number of nitrogens with one attached hydrogen (secondary N) is 2. The molecule has 1 saturated heterocycles. The summed E-state index contributed by atoms with van der Waals surface area (Å²) in [4.78, 5) is 21.3. The van der Waals surface area contributed by atoms with Crippen molar-refractivity contribution in [1.82, 2.24) is 20.4 Å². The number of benzene rings is 1. The second-order valence-electron chi connectivity index (χ2n) is 6.78. The first-order valence-corrected chi connectivity index (χ1v) is 9.83. The van der Waals surface area contributed by atoms with Crippen LogP contribution in [0.1, 0.15) is 18.2 Å². The molecular weight excluding hydrogens is 481 g/mol. The molecule has 0 atom stereocenters. The Bertz CT molecular complexity index is 744. The number of hydrogen-bond acceptors (Lipinski definition) is 4. The minimum absolute atomic E-state index is 0. The summed E-state index contributed by atoms with van der Waals surface area (Å²) in [5, 5.41) is 6.13. The predicted molar refractivity (Wildman–Crippen MR) is 125 cm³/mol. The molecule has 1 amide bonds. The Morgan fingerprint density at radius 1 is 1.07 bits per heavy atom. The van der Waals surface area contributed by atoms with E-state index in [0.29, 0.717) is 6.54 Å². The number of aliphatic imine (C=N–C) groups is 1. The van der Waals surface area contributed by atoms with Crippen molar-refractivity contribution in [2.75, 3.05) is 39.3 Å². The number of nitrogens with zero attached hydrogens (tertiary/aromatic N) is 3. The average Bonchev–Trinajstić information content (AvgIpc) is 3.25. The second kappa shape index (κ2) is 12.5. The Morgan fingerprint density at radius 2 is 1.83 bits per heavy atom. The molecular formula is C21H30IN5O2. The number of guanidine groups is 1. The van der Waals surface area contributed by atoms with Gasteiger partial charge in [-0.2, -0.15) is 0 Å². The van der Waals surface area contributed by atoms with Gasteiger partial charge in [0, 0.05) is 39.3 Å². The summed E-state index contributed by atoms with van der Waals surface area (Å²) in [6.45, 7) is 8.02. The Morgan fingerprint density at radius 3 is 2.48 bits per heavy atom. The highest BCUT2D eigenvalue weighted by atomic mass is 127. The van der Waals surface area contributed by atoms with Gasteiger partial charge >= 0.3 is 0 Å². The molecule has 1 aliphatic heterocycles. The molecule has 2 aromatic rings. The van der Waals surface area contributed by atoms with Crippen LogP contribution in [0.3, 0.4) is 0 Å². The lowest BCUT2D eigenvalue weighted by Gasteiger charge is -2.36. The highest BCUT2D eigenvalue weighted by Crippen LogP contribution is 2.08. The molecule has 0 spiro atoms. The number of carbonyl (C=O) groups excluding carboxylic acids is 1. The standard InChI is InChI=1S/C21H29N5O2.HI/c1-2-22-21(24-16-20(27)23-15-19-9-6-14-28-19)26-12-10-25(11-13-26)17-18-7-4-3-5-8-18;/h3-9,14H,2,10-13,15-17H2,1H3,(H,22,24)(H,23,27);1H. The molecule has 29 heavy (non-hydrogen) atoms. The number of furan rings is 1. The first-order chi connectivity index (χ1) is 13.7. The Hall–Kier alpha value is -2.07. The van der Waals surface area contributed by atoms with E-state index in [1.54, 1.807) is 12.3 Å². The van der Waals surface area contributed by atoms with E-state index in [1.165, 1.54) is 5.56 Å². The van der Waals surface area contributed by atoms with Gasteiger partial charge in [0.15, 0.2) is 5.96 Å². The highest BCUT2D eigenvalue weighted by Gasteiger charge is 2.19. The second-order valence-corrected chi connectivity index (χ2v) is 6.78. The molecule has 1 aromatic carbocycles. The molecule has 0 saturated carbocycles. The van der Waals surface area contributed by atoms with Crippen molar-refractivity contribution in [3.05, 3.63) is 60.1 Å². The van der Waals surface area contributed by atoms with Crippen LogP contribution in [0.5, 0.6) is 0 Å². The summed E-state index contributed by atoms with van der Waals surface area (Å²) in [6.07, 6.45) is 1.60. The van der Waals surface area contributed by atoms with Crippen LogP contribution >= 0.6 is 24.0 Å². The number of amides is 1. The van der Waals surface area contributed by atoms with Crippen LogP contribution in [0.4, 0.5) is 0 Å². The highest BCUT2D eigenvalue weighted by molar-refractivity contribution is 14.0. The van der Waals surface area contributed by atoms with Crippen LogP contribution in [-0.2, 0) is 17.9 Å². The van der Waals surface area contributed by atoms with Crippen LogP contribution in [0.15, 0.2) is 58.1 Å². The summed E-state index contributed by atoms with van der Waals surface area (Å²) >= 11 is 0. The van der Waals surface area contributed by atoms with Crippen molar-refractivity contribution in [3.8, 4) is 0 Å². The summed E-state index contributed by atoms with van der Waals surface area (Å²) in [5.74, 6) is 1.42. The normalized spacial score (nSPS) is 14.9. The molecule has 158 valence electrons. The number of halogens is 1.